The zero-order valence-electron chi connectivity index (χ0n) is 11.5. The van der Waals surface area contributed by atoms with E-state index < -0.39 is 10.0 Å². The summed E-state index contributed by atoms with van der Waals surface area (Å²) < 4.78 is 29.2. The molecule has 1 aliphatic carbocycles. The highest BCUT2D eigenvalue weighted by Gasteiger charge is 2.32. The number of hydrogen-bond donors (Lipinski definition) is 2. The highest BCUT2D eigenvalue weighted by Crippen LogP contribution is 2.29. The summed E-state index contributed by atoms with van der Waals surface area (Å²) in [6, 6.07) is 1.52. The van der Waals surface area contributed by atoms with E-state index in [9.17, 15) is 8.42 Å². The van der Waals surface area contributed by atoms with Gasteiger partial charge in [-0.1, -0.05) is 19.3 Å². The van der Waals surface area contributed by atoms with Gasteiger partial charge in [0.2, 0.25) is 10.0 Å². The lowest BCUT2D eigenvalue weighted by molar-refractivity contribution is 0.272. The van der Waals surface area contributed by atoms with Gasteiger partial charge in [-0.05, 0) is 25.8 Å². The lowest BCUT2D eigenvalue weighted by Crippen LogP contribution is -2.46. The summed E-state index contributed by atoms with van der Waals surface area (Å²) in [6.07, 6.45) is 6.61. The first-order chi connectivity index (χ1) is 8.86. The fraction of sp³-hybridized carbons (Fsp3) is 0.692. The van der Waals surface area contributed by atoms with Gasteiger partial charge in [-0.15, -0.1) is 0 Å². The van der Waals surface area contributed by atoms with Gasteiger partial charge in [0.15, 0.2) is 0 Å². The van der Waals surface area contributed by atoms with E-state index in [4.69, 9.17) is 5.11 Å². The van der Waals surface area contributed by atoms with Crippen molar-refractivity contribution in [3.63, 3.8) is 0 Å². The Kier molecular flexibility index (Phi) is 4.03. The molecular weight excluding hydrogens is 264 g/mol. The van der Waals surface area contributed by atoms with Gasteiger partial charge in [-0.2, -0.15) is 0 Å². The minimum absolute atomic E-state index is 0.163. The van der Waals surface area contributed by atoms with Crippen LogP contribution in [0.15, 0.2) is 17.2 Å². The first kappa shape index (κ1) is 14.6. The predicted molar refractivity (Wildman–Crippen MR) is 73.1 cm³/mol. The molecule has 0 saturated heterocycles. The van der Waals surface area contributed by atoms with Gasteiger partial charge in [0.05, 0.1) is 11.5 Å². The second-order valence-electron chi connectivity index (χ2n) is 5.66. The van der Waals surface area contributed by atoms with Crippen LogP contribution < -0.4 is 4.72 Å². The maximum atomic E-state index is 12.4. The summed E-state index contributed by atoms with van der Waals surface area (Å²) in [5.41, 5.74) is 0.251. The Morgan fingerprint density at radius 2 is 2.00 bits per heavy atom. The Hall–Kier alpha value is -0.850. The number of aliphatic hydroxyl groups is 1. The van der Waals surface area contributed by atoms with Crippen molar-refractivity contribution in [2.45, 2.75) is 56.1 Å². The summed E-state index contributed by atoms with van der Waals surface area (Å²) in [5.74, 6) is 0. The normalized spacial score (nSPS) is 19.5. The molecule has 1 fully saturated rings. The molecule has 0 bridgehead atoms. The average molecular weight is 286 g/mol. The largest absolute Gasteiger partial charge is 0.390 e. The molecule has 19 heavy (non-hydrogen) atoms. The quantitative estimate of drug-likeness (QED) is 0.881. The van der Waals surface area contributed by atoms with Gasteiger partial charge in [-0.3, -0.25) is 0 Å². The van der Waals surface area contributed by atoms with Gasteiger partial charge in [0.1, 0.15) is 0 Å². The van der Waals surface area contributed by atoms with Crippen LogP contribution in [0.5, 0.6) is 0 Å². The Morgan fingerprint density at radius 1 is 1.37 bits per heavy atom. The first-order valence-corrected chi connectivity index (χ1v) is 8.15. The van der Waals surface area contributed by atoms with E-state index in [0.29, 0.717) is 5.69 Å². The lowest BCUT2D eigenvalue weighted by Gasteiger charge is -2.33. The van der Waals surface area contributed by atoms with Crippen molar-refractivity contribution in [1.29, 1.82) is 0 Å². The Bertz CT molecular complexity index is 542. The summed E-state index contributed by atoms with van der Waals surface area (Å²) in [7, 11) is -1.78. The standard InChI is InChI=1S/C13H22N2O3S/c1-13(6-4-3-5-7-13)14-19(17,18)12-8-11(10-16)15(2)9-12/h8-9,14,16H,3-7,10H2,1-2H3. The van der Waals surface area contributed by atoms with Crippen molar-refractivity contribution in [3.05, 3.63) is 18.0 Å². The molecule has 0 aromatic carbocycles. The monoisotopic (exact) mass is 286 g/mol. The number of aromatic nitrogens is 1. The number of aliphatic hydroxyl groups excluding tert-OH is 1. The zero-order valence-corrected chi connectivity index (χ0v) is 12.3. The van der Waals surface area contributed by atoms with Crippen LogP contribution in [0.1, 0.15) is 44.7 Å². The number of hydrogen-bond acceptors (Lipinski definition) is 3. The van der Waals surface area contributed by atoms with E-state index in [1.165, 1.54) is 12.5 Å². The molecule has 0 unspecified atom stereocenters. The molecule has 108 valence electrons. The van der Waals surface area contributed by atoms with Crippen molar-refractivity contribution >= 4 is 10.0 Å². The molecule has 0 radical (unpaired) electrons. The van der Waals surface area contributed by atoms with Gasteiger partial charge < -0.3 is 9.67 Å². The predicted octanol–water partition coefficient (Wildman–Crippen LogP) is 1.52. The van der Waals surface area contributed by atoms with E-state index in [1.54, 1.807) is 17.8 Å². The van der Waals surface area contributed by atoms with Gasteiger partial charge >= 0.3 is 0 Å². The second kappa shape index (κ2) is 5.26. The molecule has 0 spiro atoms. The zero-order chi connectivity index (χ0) is 14.1. The molecule has 2 N–H and O–H groups in total. The average Bonchev–Trinajstić information content (AvgIpc) is 2.71. The molecule has 1 saturated carbocycles. The Labute approximate surface area is 114 Å². The molecule has 0 amide bonds. The maximum Gasteiger partial charge on any atom is 0.242 e. The smallest absolute Gasteiger partial charge is 0.242 e. The molecule has 0 aliphatic heterocycles. The van der Waals surface area contributed by atoms with Crippen molar-refractivity contribution in [1.82, 2.24) is 9.29 Å². The van der Waals surface area contributed by atoms with Crippen LogP contribution in [0.2, 0.25) is 0 Å². The van der Waals surface area contributed by atoms with Crippen LogP contribution in [-0.2, 0) is 23.7 Å². The molecule has 6 heteroatoms. The van der Waals surface area contributed by atoms with Crippen LogP contribution in [-0.4, -0.2) is 23.6 Å². The third kappa shape index (κ3) is 3.19. The van der Waals surface area contributed by atoms with Crippen molar-refractivity contribution < 1.29 is 13.5 Å². The lowest BCUT2D eigenvalue weighted by atomic mass is 9.84. The molecule has 1 aromatic heterocycles. The van der Waals surface area contributed by atoms with E-state index >= 15 is 0 Å². The van der Waals surface area contributed by atoms with Gasteiger partial charge in [-0.25, -0.2) is 13.1 Å². The highest BCUT2D eigenvalue weighted by atomic mass is 32.2. The van der Waals surface area contributed by atoms with Crippen molar-refractivity contribution in [2.75, 3.05) is 0 Å². The van der Waals surface area contributed by atoms with Crippen molar-refractivity contribution in [3.8, 4) is 0 Å². The second-order valence-corrected chi connectivity index (χ2v) is 7.35. The maximum absolute atomic E-state index is 12.4. The van der Waals surface area contributed by atoms with Gasteiger partial charge in [0, 0.05) is 24.5 Å². The van der Waals surface area contributed by atoms with Crippen LogP contribution in [0, 0.1) is 0 Å². The van der Waals surface area contributed by atoms with Crippen LogP contribution in [0.25, 0.3) is 0 Å². The fourth-order valence-electron chi connectivity index (χ4n) is 2.70. The summed E-state index contributed by atoms with van der Waals surface area (Å²) >= 11 is 0. The SMILES string of the molecule is Cn1cc(S(=O)(=O)NC2(C)CCCCC2)cc1CO. The van der Waals surface area contributed by atoms with E-state index in [1.807, 2.05) is 6.92 Å². The molecule has 1 aliphatic rings. The molecule has 0 atom stereocenters. The number of aryl methyl sites for hydroxylation is 1. The van der Waals surface area contributed by atoms with Crippen molar-refractivity contribution in [2.24, 2.45) is 7.05 Å². The number of sulfonamides is 1. The number of rotatable bonds is 4. The molecule has 1 aromatic rings. The number of nitrogens with one attached hydrogen (secondary N) is 1. The topological polar surface area (TPSA) is 71.3 Å². The third-order valence-electron chi connectivity index (χ3n) is 3.89. The third-order valence-corrected chi connectivity index (χ3v) is 5.50. The molecule has 5 nitrogen and oxygen atoms in total. The van der Waals surface area contributed by atoms with Gasteiger partial charge in [0.25, 0.3) is 0 Å². The molecular formula is C13H22N2O3S. The van der Waals surface area contributed by atoms with E-state index in [-0.39, 0.29) is 17.0 Å². The Morgan fingerprint density at radius 3 is 2.53 bits per heavy atom. The minimum atomic E-state index is -3.51. The molecule has 2 rings (SSSR count). The highest BCUT2D eigenvalue weighted by molar-refractivity contribution is 7.89. The number of nitrogens with zero attached hydrogens (tertiary/aromatic N) is 1. The van der Waals surface area contributed by atoms with E-state index in [2.05, 4.69) is 4.72 Å². The molecule has 1 heterocycles. The first-order valence-electron chi connectivity index (χ1n) is 6.66. The fourth-order valence-corrected chi connectivity index (χ4v) is 4.26. The van der Waals surface area contributed by atoms with E-state index in [0.717, 1.165) is 25.7 Å². The summed E-state index contributed by atoms with van der Waals surface area (Å²) in [4.78, 5) is 0.228. The minimum Gasteiger partial charge on any atom is -0.390 e. The summed E-state index contributed by atoms with van der Waals surface area (Å²) in [5, 5.41) is 9.13. The van der Waals surface area contributed by atoms with Crippen LogP contribution in [0.4, 0.5) is 0 Å². The Balaban J connectivity index is 2.21. The van der Waals surface area contributed by atoms with Crippen LogP contribution in [0.3, 0.4) is 0 Å². The summed E-state index contributed by atoms with van der Waals surface area (Å²) in [6.45, 7) is 1.81. The van der Waals surface area contributed by atoms with Crippen LogP contribution >= 0.6 is 0 Å².